The highest BCUT2D eigenvalue weighted by molar-refractivity contribution is 5.95. The first-order chi connectivity index (χ1) is 10.2. The zero-order valence-electron chi connectivity index (χ0n) is 11.9. The first kappa shape index (κ1) is 13.9. The van der Waals surface area contributed by atoms with Gasteiger partial charge in [0.2, 0.25) is 0 Å². The van der Waals surface area contributed by atoms with E-state index in [-0.39, 0.29) is 24.7 Å². The number of hydrogen-bond acceptors (Lipinski definition) is 4. The lowest BCUT2D eigenvalue weighted by atomic mass is 10.2. The van der Waals surface area contributed by atoms with Crippen LogP contribution < -0.4 is 9.80 Å². The Bertz CT molecular complexity index is 543. The Morgan fingerprint density at radius 1 is 1.14 bits per heavy atom. The van der Waals surface area contributed by atoms with Gasteiger partial charge in [0.25, 0.3) is 5.91 Å². The van der Waals surface area contributed by atoms with E-state index in [1.165, 1.54) is 0 Å². The molecule has 0 aliphatic carbocycles. The summed E-state index contributed by atoms with van der Waals surface area (Å²) in [6, 6.07) is 7.39. The molecule has 2 heterocycles. The predicted octanol–water partition coefficient (Wildman–Crippen LogP) is 1.79. The molecule has 2 aliphatic heterocycles. The third-order valence-corrected chi connectivity index (χ3v) is 3.79. The molecule has 2 aliphatic rings. The molecule has 21 heavy (non-hydrogen) atoms. The second-order valence-corrected chi connectivity index (χ2v) is 5.14. The van der Waals surface area contributed by atoms with Crippen LogP contribution in [0.2, 0.25) is 0 Å². The van der Waals surface area contributed by atoms with Gasteiger partial charge >= 0.3 is 6.09 Å². The molecule has 1 aromatic carbocycles. The predicted molar refractivity (Wildman–Crippen MR) is 77.5 cm³/mol. The Morgan fingerprint density at radius 3 is 2.38 bits per heavy atom. The fourth-order valence-electron chi connectivity index (χ4n) is 2.55. The minimum atomic E-state index is -0.308. The molecule has 3 rings (SSSR count). The van der Waals surface area contributed by atoms with Crippen molar-refractivity contribution >= 4 is 23.4 Å². The van der Waals surface area contributed by atoms with Gasteiger partial charge in [0, 0.05) is 17.9 Å². The molecular formula is C15H18N2O4. The van der Waals surface area contributed by atoms with Gasteiger partial charge in [-0.25, -0.2) is 4.79 Å². The Labute approximate surface area is 123 Å². The Kier molecular flexibility index (Phi) is 3.79. The molecule has 0 aromatic heterocycles. The molecule has 1 aromatic rings. The van der Waals surface area contributed by atoms with Gasteiger partial charge in [0.05, 0.1) is 13.2 Å². The Balaban J connectivity index is 1.75. The van der Waals surface area contributed by atoms with Crippen LogP contribution in [0.3, 0.4) is 0 Å². The molecule has 0 saturated carbocycles. The SMILES string of the molecule is CC[C@H]1CN(c2ccc(N3CCOCC3=O)cc2)C(=O)O1. The number of hydrogen-bond donors (Lipinski definition) is 0. The monoisotopic (exact) mass is 290 g/mol. The fourth-order valence-corrected chi connectivity index (χ4v) is 2.55. The zero-order chi connectivity index (χ0) is 14.8. The summed E-state index contributed by atoms with van der Waals surface area (Å²) >= 11 is 0. The molecule has 1 atom stereocenters. The van der Waals surface area contributed by atoms with Crippen molar-refractivity contribution in [3.63, 3.8) is 0 Å². The number of morpholine rings is 1. The van der Waals surface area contributed by atoms with Gasteiger partial charge in [-0.2, -0.15) is 0 Å². The molecule has 0 spiro atoms. The number of ether oxygens (including phenoxy) is 2. The third-order valence-electron chi connectivity index (χ3n) is 3.79. The van der Waals surface area contributed by atoms with E-state index in [4.69, 9.17) is 9.47 Å². The molecule has 6 heteroatoms. The maximum absolute atomic E-state index is 11.8. The standard InChI is InChI=1S/C15H18N2O4/c1-2-13-9-17(15(19)21-13)12-5-3-11(4-6-12)16-7-8-20-10-14(16)18/h3-6,13H,2,7-10H2,1H3/t13-/m0/s1. The molecular weight excluding hydrogens is 272 g/mol. The molecule has 0 N–H and O–H groups in total. The van der Waals surface area contributed by atoms with E-state index >= 15 is 0 Å². The van der Waals surface area contributed by atoms with Crippen molar-refractivity contribution in [2.24, 2.45) is 0 Å². The molecule has 6 nitrogen and oxygen atoms in total. The molecule has 0 bridgehead atoms. The van der Waals surface area contributed by atoms with Crippen LogP contribution in [0.5, 0.6) is 0 Å². The van der Waals surface area contributed by atoms with Gasteiger partial charge in [-0.3, -0.25) is 9.69 Å². The first-order valence-electron chi connectivity index (χ1n) is 7.15. The highest BCUT2D eigenvalue weighted by atomic mass is 16.6. The number of anilines is 2. The zero-order valence-corrected chi connectivity index (χ0v) is 11.9. The van der Waals surface area contributed by atoms with E-state index < -0.39 is 0 Å². The summed E-state index contributed by atoms with van der Waals surface area (Å²) in [5.74, 6) is -0.0411. The van der Waals surface area contributed by atoms with Crippen molar-refractivity contribution in [2.75, 3.05) is 36.1 Å². The largest absolute Gasteiger partial charge is 0.444 e. The summed E-state index contributed by atoms with van der Waals surface area (Å²) in [5, 5.41) is 0. The molecule has 2 fully saturated rings. The molecule has 0 radical (unpaired) electrons. The van der Waals surface area contributed by atoms with E-state index in [1.807, 2.05) is 31.2 Å². The van der Waals surface area contributed by atoms with Gasteiger partial charge in [0.1, 0.15) is 12.7 Å². The average molecular weight is 290 g/mol. The highest BCUT2D eigenvalue weighted by Gasteiger charge is 2.31. The van der Waals surface area contributed by atoms with Gasteiger partial charge in [-0.15, -0.1) is 0 Å². The maximum Gasteiger partial charge on any atom is 0.414 e. The van der Waals surface area contributed by atoms with E-state index in [1.54, 1.807) is 9.80 Å². The van der Waals surface area contributed by atoms with Crippen molar-refractivity contribution in [1.29, 1.82) is 0 Å². The number of carbonyl (C=O) groups excluding carboxylic acids is 2. The van der Waals surface area contributed by atoms with Crippen LogP contribution >= 0.6 is 0 Å². The minimum Gasteiger partial charge on any atom is -0.444 e. The van der Waals surface area contributed by atoms with Gasteiger partial charge < -0.3 is 14.4 Å². The van der Waals surface area contributed by atoms with Gasteiger partial charge in [-0.05, 0) is 30.7 Å². The lowest BCUT2D eigenvalue weighted by molar-refractivity contribution is -0.125. The summed E-state index contributed by atoms with van der Waals surface area (Å²) in [5.41, 5.74) is 1.62. The molecule has 0 unspecified atom stereocenters. The smallest absolute Gasteiger partial charge is 0.414 e. The number of cyclic esters (lactones) is 1. The van der Waals surface area contributed by atoms with Crippen molar-refractivity contribution in [2.45, 2.75) is 19.4 Å². The normalized spacial score (nSPS) is 22.6. The van der Waals surface area contributed by atoms with Crippen LogP contribution in [-0.2, 0) is 14.3 Å². The third kappa shape index (κ3) is 2.71. The number of rotatable bonds is 3. The van der Waals surface area contributed by atoms with E-state index in [0.29, 0.717) is 19.7 Å². The number of amides is 2. The minimum absolute atomic E-state index is 0.0411. The summed E-state index contributed by atoms with van der Waals surface area (Å²) in [6.45, 7) is 3.80. The summed E-state index contributed by atoms with van der Waals surface area (Å²) in [7, 11) is 0. The number of benzene rings is 1. The van der Waals surface area contributed by atoms with E-state index in [9.17, 15) is 9.59 Å². The van der Waals surface area contributed by atoms with Crippen molar-refractivity contribution in [3.05, 3.63) is 24.3 Å². The van der Waals surface area contributed by atoms with Gasteiger partial charge in [0.15, 0.2) is 0 Å². The summed E-state index contributed by atoms with van der Waals surface area (Å²) in [4.78, 5) is 26.9. The summed E-state index contributed by atoms with van der Waals surface area (Å²) < 4.78 is 10.4. The Hall–Kier alpha value is -2.08. The fraction of sp³-hybridized carbons (Fsp3) is 0.467. The van der Waals surface area contributed by atoms with Crippen LogP contribution in [0.15, 0.2) is 24.3 Å². The topological polar surface area (TPSA) is 59.1 Å². The Morgan fingerprint density at radius 2 is 1.81 bits per heavy atom. The first-order valence-corrected chi connectivity index (χ1v) is 7.15. The number of nitrogens with zero attached hydrogens (tertiary/aromatic N) is 2. The summed E-state index contributed by atoms with van der Waals surface area (Å²) in [6.07, 6.45) is 0.456. The highest BCUT2D eigenvalue weighted by Crippen LogP contribution is 2.26. The van der Waals surface area contributed by atoms with Crippen molar-refractivity contribution in [1.82, 2.24) is 0 Å². The number of carbonyl (C=O) groups is 2. The van der Waals surface area contributed by atoms with E-state index in [2.05, 4.69) is 0 Å². The van der Waals surface area contributed by atoms with Crippen LogP contribution in [-0.4, -0.2) is 44.4 Å². The van der Waals surface area contributed by atoms with Crippen molar-refractivity contribution < 1.29 is 19.1 Å². The van der Waals surface area contributed by atoms with Crippen molar-refractivity contribution in [3.8, 4) is 0 Å². The van der Waals surface area contributed by atoms with Crippen LogP contribution in [0.1, 0.15) is 13.3 Å². The second kappa shape index (κ2) is 5.73. The quantitative estimate of drug-likeness (QED) is 0.851. The molecule has 2 saturated heterocycles. The molecule has 2 amide bonds. The van der Waals surface area contributed by atoms with Crippen LogP contribution in [0.25, 0.3) is 0 Å². The maximum atomic E-state index is 11.8. The van der Waals surface area contributed by atoms with Crippen LogP contribution in [0, 0.1) is 0 Å². The van der Waals surface area contributed by atoms with E-state index in [0.717, 1.165) is 17.8 Å². The second-order valence-electron chi connectivity index (χ2n) is 5.14. The lowest BCUT2D eigenvalue weighted by Crippen LogP contribution is -2.41. The lowest BCUT2D eigenvalue weighted by Gasteiger charge is -2.27. The van der Waals surface area contributed by atoms with Gasteiger partial charge in [-0.1, -0.05) is 6.92 Å². The van der Waals surface area contributed by atoms with Crippen LogP contribution in [0.4, 0.5) is 16.2 Å². The molecule has 112 valence electrons. The average Bonchev–Trinajstić information content (AvgIpc) is 2.89.